The molecular weight excluding hydrogens is 244 g/mol. The highest BCUT2D eigenvalue weighted by Crippen LogP contribution is 2.39. The first-order valence-corrected chi connectivity index (χ1v) is 7.29. The summed E-state index contributed by atoms with van der Waals surface area (Å²) in [6, 6.07) is 8.57. The van der Waals surface area contributed by atoms with Gasteiger partial charge in [0.05, 0.1) is 0 Å². The van der Waals surface area contributed by atoms with Crippen molar-refractivity contribution in [1.82, 2.24) is 9.97 Å². The second-order valence-electron chi connectivity index (χ2n) is 5.50. The fraction of sp³-hybridized carbons (Fsp3) is 0.333. The molecule has 2 aromatic rings. The predicted octanol–water partition coefficient (Wildman–Crippen LogP) is 4.09. The van der Waals surface area contributed by atoms with Crippen molar-refractivity contribution in [2.75, 3.05) is 0 Å². The van der Waals surface area contributed by atoms with E-state index in [9.17, 15) is 0 Å². The Morgan fingerprint density at radius 3 is 2.80 bits per heavy atom. The molecule has 1 atom stereocenters. The number of hydrogen-bond donors (Lipinski definition) is 0. The highest BCUT2D eigenvalue weighted by molar-refractivity contribution is 5.72. The first kappa shape index (κ1) is 13.0. The SMILES string of the molecule is C=C1c2ccc(C)nc2CCC1c1ccc(CC)nc1. The molecule has 1 aliphatic carbocycles. The lowest BCUT2D eigenvalue weighted by Crippen LogP contribution is -2.13. The summed E-state index contributed by atoms with van der Waals surface area (Å²) in [5, 5.41) is 0. The normalized spacial score (nSPS) is 17.9. The van der Waals surface area contributed by atoms with Gasteiger partial charge in [-0.2, -0.15) is 0 Å². The summed E-state index contributed by atoms with van der Waals surface area (Å²) in [6.07, 6.45) is 5.10. The molecule has 1 aliphatic rings. The van der Waals surface area contributed by atoms with Crippen molar-refractivity contribution >= 4 is 5.57 Å². The van der Waals surface area contributed by atoms with Crippen LogP contribution in [0.5, 0.6) is 0 Å². The van der Waals surface area contributed by atoms with E-state index in [1.807, 2.05) is 13.1 Å². The van der Waals surface area contributed by atoms with Crippen molar-refractivity contribution in [2.45, 2.75) is 39.0 Å². The van der Waals surface area contributed by atoms with E-state index in [2.05, 4.69) is 47.7 Å². The van der Waals surface area contributed by atoms with Crippen LogP contribution in [0.2, 0.25) is 0 Å². The van der Waals surface area contributed by atoms with Gasteiger partial charge in [-0.15, -0.1) is 0 Å². The highest BCUT2D eigenvalue weighted by Gasteiger charge is 2.24. The lowest BCUT2D eigenvalue weighted by atomic mass is 9.79. The van der Waals surface area contributed by atoms with Crippen molar-refractivity contribution < 1.29 is 0 Å². The molecule has 2 nitrogen and oxygen atoms in total. The molecule has 3 rings (SSSR count). The van der Waals surface area contributed by atoms with Gasteiger partial charge in [0.25, 0.3) is 0 Å². The molecule has 0 saturated heterocycles. The lowest BCUT2D eigenvalue weighted by molar-refractivity contribution is 0.703. The Bertz CT molecular complexity index is 641. The van der Waals surface area contributed by atoms with E-state index in [-0.39, 0.29) is 0 Å². The third kappa shape index (κ3) is 2.26. The molecule has 0 amide bonds. The largest absolute Gasteiger partial charge is 0.261 e. The maximum absolute atomic E-state index is 4.64. The van der Waals surface area contributed by atoms with Crippen LogP contribution >= 0.6 is 0 Å². The third-order valence-electron chi connectivity index (χ3n) is 4.16. The van der Waals surface area contributed by atoms with Crippen LogP contribution in [0.15, 0.2) is 37.0 Å². The molecule has 1 unspecified atom stereocenters. The second kappa shape index (κ2) is 5.20. The molecular formula is C18H20N2. The maximum atomic E-state index is 4.64. The van der Waals surface area contributed by atoms with Crippen LogP contribution in [-0.2, 0) is 12.8 Å². The Morgan fingerprint density at radius 2 is 2.10 bits per heavy atom. The molecule has 20 heavy (non-hydrogen) atoms. The van der Waals surface area contributed by atoms with Gasteiger partial charge in [-0.3, -0.25) is 9.97 Å². The molecule has 0 fully saturated rings. The van der Waals surface area contributed by atoms with Gasteiger partial charge in [0, 0.05) is 29.2 Å². The zero-order valence-corrected chi connectivity index (χ0v) is 12.2. The number of nitrogens with zero attached hydrogens (tertiary/aromatic N) is 2. The second-order valence-corrected chi connectivity index (χ2v) is 5.50. The molecule has 2 aromatic heterocycles. The number of allylic oxidation sites excluding steroid dienone is 1. The van der Waals surface area contributed by atoms with Gasteiger partial charge in [-0.05, 0) is 55.0 Å². The van der Waals surface area contributed by atoms with Crippen molar-refractivity contribution in [2.24, 2.45) is 0 Å². The van der Waals surface area contributed by atoms with E-state index in [1.165, 1.54) is 22.4 Å². The molecule has 0 N–H and O–H groups in total. The van der Waals surface area contributed by atoms with E-state index in [4.69, 9.17) is 0 Å². The van der Waals surface area contributed by atoms with Crippen LogP contribution in [0.4, 0.5) is 0 Å². The molecule has 0 spiro atoms. The van der Waals surface area contributed by atoms with Gasteiger partial charge >= 0.3 is 0 Å². The monoisotopic (exact) mass is 264 g/mol. The van der Waals surface area contributed by atoms with E-state index in [1.54, 1.807) is 0 Å². The van der Waals surface area contributed by atoms with Crippen LogP contribution in [0.3, 0.4) is 0 Å². The van der Waals surface area contributed by atoms with Gasteiger partial charge in [-0.25, -0.2) is 0 Å². The van der Waals surface area contributed by atoms with Crippen LogP contribution in [-0.4, -0.2) is 9.97 Å². The Labute approximate surface area is 120 Å². The van der Waals surface area contributed by atoms with Gasteiger partial charge in [-0.1, -0.05) is 25.6 Å². The Kier molecular flexibility index (Phi) is 3.39. The lowest BCUT2D eigenvalue weighted by Gasteiger charge is -2.27. The fourth-order valence-corrected chi connectivity index (χ4v) is 2.96. The summed E-state index contributed by atoms with van der Waals surface area (Å²) in [6.45, 7) is 8.49. The molecule has 0 aromatic carbocycles. The minimum absolute atomic E-state index is 0.380. The molecule has 2 heteroatoms. The topological polar surface area (TPSA) is 25.8 Å². The Hall–Kier alpha value is -1.96. The minimum Gasteiger partial charge on any atom is -0.261 e. The average molecular weight is 264 g/mol. The van der Waals surface area contributed by atoms with Crippen molar-refractivity contribution in [1.29, 1.82) is 0 Å². The van der Waals surface area contributed by atoms with Crippen LogP contribution in [0.25, 0.3) is 5.57 Å². The van der Waals surface area contributed by atoms with E-state index < -0.39 is 0 Å². The van der Waals surface area contributed by atoms with Gasteiger partial charge < -0.3 is 0 Å². The molecule has 102 valence electrons. The van der Waals surface area contributed by atoms with Crippen LogP contribution < -0.4 is 0 Å². The zero-order chi connectivity index (χ0) is 14.1. The zero-order valence-electron chi connectivity index (χ0n) is 12.2. The van der Waals surface area contributed by atoms with Crippen molar-refractivity contribution in [3.05, 3.63) is 65.2 Å². The Morgan fingerprint density at radius 1 is 1.25 bits per heavy atom. The molecule has 2 heterocycles. The highest BCUT2D eigenvalue weighted by atomic mass is 14.7. The molecule has 0 radical (unpaired) electrons. The smallest absolute Gasteiger partial charge is 0.0482 e. The van der Waals surface area contributed by atoms with E-state index >= 15 is 0 Å². The number of pyridine rings is 2. The van der Waals surface area contributed by atoms with Gasteiger partial charge in [0.1, 0.15) is 0 Å². The number of rotatable bonds is 2. The predicted molar refractivity (Wildman–Crippen MR) is 82.7 cm³/mol. The third-order valence-corrected chi connectivity index (χ3v) is 4.16. The first-order valence-electron chi connectivity index (χ1n) is 7.29. The number of aromatic nitrogens is 2. The maximum Gasteiger partial charge on any atom is 0.0482 e. The average Bonchev–Trinajstić information content (AvgIpc) is 2.48. The fourth-order valence-electron chi connectivity index (χ4n) is 2.96. The standard InChI is InChI=1S/C18H20N2/c1-4-15-7-6-14(11-19-15)16-9-10-18-17(13(16)3)8-5-12(2)20-18/h5-8,11,16H,3-4,9-10H2,1-2H3. The van der Waals surface area contributed by atoms with Crippen molar-refractivity contribution in [3.63, 3.8) is 0 Å². The first-order chi connectivity index (χ1) is 9.69. The Balaban J connectivity index is 1.93. The quantitative estimate of drug-likeness (QED) is 0.816. The van der Waals surface area contributed by atoms with Gasteiger partial charge in [0.2, 0.25) is 0 Å². The van der Waals surface area contributed by atoms with Gasteiger partial charge in [0.15, 0.2) is 0 Å². The van der Waals surface area contributed by atoms with Crippen LogP contribution in [0, 0.1) is 6.92 Å². The van der Waals surface area contributed by atoms with E-state index in [0.29, 0.717) is 5.92 Å². The number of aryl methyl sites for hydroxylation is 3. The molecule has 0 saturated carbocycles. The number of fused-ring (bicyclic) bond motifs is 1. The van der Waals surface area contributed by atoms with Crippen LogP contribution in [0.1, 0.15) is 47.5 Å². The number of hydrogen-bond acceptors (Lipinski definition) is 2. The summed E-state index contributed by atoms with van der Waals surface area (Å²) in [5.74, 6) is 0.380. The van der Waals surface area contributed by atoms with Crippen molar-refractivity contribution in [3.8, 4) is 0 Å². The molecule has 0 bridgehead atoms. The molecule has 0 aliphatic heterocycles. The summed E-state index contributed by atoms with van der Waals surface area (Å²) in [5.41, 5.74) is 7.12. The minimum atomic E-state index is 0.380. The summed E-state index contributed by atoms with van der Waals surface area (Å²) in [7, 11) is 0. The summed E-state index contributed by atoms with van der Waals surface area (Å²) in [4.78, 5) is 9.16. The summed E-state index contributed by atoms with van der Waals surface area (Å²) >= 11 is 0. The van der Waals surface area contributed by atoms with E-state index in [0.717, 1.165) is 30.7 Å². The summed E-state index contributed by atoms with van der Waals surface area (Å²) < 4.78 is 0.